The average Bonchev–Trinajstić information content (AvgIpc) is 3.01. The summed E-state index contributed by atoms with van der Waals surface area (Å²) in [6, 6.07) is 8.90. The molecule has 3 rings (SSSR count). The van der Waals surface area contributed by atoms with Gasteiger partial charge in [0.15, 0.2) is 17.3 Å². The van der Waals surface area contributed by atoms with Crippen LogP contribution in [0.4, 0.5) is 11.6 Å². The minimum Gasteiger partial charge on any atom is -0.454 e. The lowest BCUT2D eigenvalue weighted by Gasteiger charge is -2.07. The molecule has 0 bridgehead atoms. The predicted molar refractivity (Wildman–Crippen MR) is 85.0 cm³/mol. The van der Waals surface area contributed by atoms with Gasteiger partial charge in [-0.1, -0.05) is 6.07 Å². The standard InChI is InChI=1S/C14H16N4O4S/c1-2-23(19,20)18-14-6-5-13(16-17-14)15-8-10-3-4-11-12(7-10)22-9-21-11/h3-7H,2,8-9H2,1H3,(H,15,16)(H,17,18). The first-order valence-corrected chi connectivity index (χ1v) is 8.67. The Morgan fingerprint density at radius 3 is 2.57 bits per heavy atom. The van der Waals surface area contributed by atoms with Crippen LogP contribution in [-0.4, -0.2) is 31.2 Å². The smallest absolute Gasteiger partial charge is 0.233 e. The van der Waals surface area contributed by atoms with Gasteiger partial charge in [0.2, 0.25) is 16.8 Å². The largest absolute Gasteiger partial charge is 0.454 e. The van der Waals surface area contributed by atoms with E-state index in [9.17, 15) is 8.42 Å². The molecule has 2 N–H and O–H groups in total. The van der Waals surface area contributed by atoms with Crippen molar-refractivity contribution in [1.82, 2.24) is 10.2 Å². The first kappa shape index (κ1) is 15.3. The number of ether oxygens (including phenoxy) is 2. The van der Waals surface area contributed by atoms with E-state index in [1.165, 1.54) is 0 Å². The molecule has 1 aromatic carbocycles. The molecule has 9 heteroatoms. The van der Waals surface area contributed by atoms with Crippen molar-refractivity contribution in [3.63, 3.8) is 0 Å². The molecule has 23 heavy (non-hydrogen) atoms. The van der Waals surface area contributed by atoms with E-state index in [2.05, 4.69) is 20.2 Å². The molecule has 8 nitrogen and oxygen atoms in total. The lowest BCUT2D eigenvalue weighted by Crippen LogP contribution is -2.16. The van der Waals surface area contributed by atoms with Crippen LogP contribution in [0.3, 0.4) is 0 Å². The van der Waals surface area contributed by atoms with Crippen LogP contribution < -0.4 is 19.5 Å². The minimum atomic E-state index is -3.35. The second-order valence-electron chi connectivity index (χ2n) is 4.85. The summed E-state index contributed by atoms with van der Waals surface area (Å²) < 4.78 is 35.8. The monoisotopic (exact) mass is 336 g/mol. The zero-order valence-electron chi connectivity index (χ0n) is 12.4. The fourth-order valence-corrected chi connectivity index (χ4v) is 2.53. The number of anilines is 2. The summed E-state index contributed by atoms with van der Waals surface area (Å²) in [5, 5.41) is 10.9. The fourth-order valence-electron chi connectivity index (χ4n) is 1.96. The highest BCUT2D eigenvalue weighted by molar-refractivity contribution is 7.92. The molecule has 0 atom stereocenters. The third kappa shape index (κ3) is 3.81. The van der Waals surface area contributed by atoms with Crippen LogP contribution in [0.1, 0.15) is 12.5 Å². The van der Waals surface area contributed by atoms with Crippen molar-refractivity contribution in [3.05, 3.63) is 35.9 Å². The first-order valence-electron chi connectivity index (χ1n) is 7.02. The number of aromatic nitrogens is 2. The molecule has 0 amide bonds. The molecule has 2 heterocycles. The highest BCUT2D eigenvalue weighted by Crippen LogP contribution is 2.32. The van der Waals surface area contributed by atoms with E-state index in [4.69, 9.17) is 9.47 Å². The zero-order chi connectivity index (χ0) is 16.3. The number of nitrogens with zero attached hydrogens (tertiary/aromatic N) is 2. The Kier molecular flexibility index (Phi) is 4.20. The van der Waals surface area contributed by atoms with Crippen LogP contribution in [0.5, 0.6) is 11.5 Å². The summed E-state index contributed by atoms with van der Waals surface area (Å²) in [5.74, 6) is 2.18. The second kappa shape index (κ2) is 6.29. The summed E-state index contributed by atoms with van der Waals surface area (Å²) >= 11 is 0. The molecule has 0 aliphatic carbocycles. The van der Waals surface area contributed by atoms with E-state index in [0.29, 0.717) is 12.4 Å². The Bertz CT molecular complexity index is 793. The predicted octanol–water partition coefficient (Wildman–Crippen LogP) is 1.58. The Morgan fingerprint density at radius 1 is 1.09 bits per heavy atom. The van der Waals surface area contributed by atoms with Crippen molar-refractivity contribution in [1.29, 1.82) is 0 Å². The van der Waals surface area contributed by atoms with E-state index in [0.717, 1.165) is 17.1 Å². The van der Waals surface area contributed by atoms with Gasteiger partial charge in [0, 0.05) is 6.54 Å². The SMILES string of the molecule is CCS(=O)(=O)Nc1ccc(NCc2ccc3c(c2)OCO3)nn1. The Hall–Kier alpha value is -2.55. The van der Waals surface area contributed by atoms with Crippen molar-refractivity contribution in [2.75, 3.05) is 22.6 Å². The topological polar surface area (TPSA) is 102 Å². The molecule has 1 aliphatic rings. The van der Waals surface area contributed by atoms with Gasteiger partial charge in [-0.05, 0) is 36.8 Å². The normalized spacial score (nSPS) is 12.9. The minimum absolute atomic E-state index is 0.0151. The van der Waals surface area contributed by atoms with Gasteiger partial charge in [-0.2, -0.15) is 0 Å². The number of fused-ring (bicyclic) bond motifs is 1. The lowest BCUT2D eigenvalue weighted by atomic mass is 10.2. The van der Waals surface area contributed by atoms with Crippen LogP contribution in [0.2, 0.25) is 0 Å². The van der Waals surface area contributed by atoms with E-state index in [-0.39, 0.29) is 18.4 Å². The number of benzene rings is 1. The van der Waals surface area contributed by atoms with Crippen molar-refractivity contribution < 1.29 is 17.9 Å². The molecule has 1 aliphatic heterocycles. The molecule has 122 valence electrons. The fraction of sp³-hybridized carbons (Fsp3) is 0.286. The van der Waals surface area contributed by atoms with Gasteiger partial charge < -0.3 is 14.8 Å². The maximum atomic E-state index is 11.4. The van der Waals surface area contributed by atoms with Gasteiger partial charge in [-0.3, -0.25) is 4.72 Å². The number of nitrogens with one attached hydrogen (secondary N) is 2. The van der Waals surface area contributed by atoms with E-state index in [1.54, 1.807) is 19.1 Å². The highest BCUT2D eigenvalue weighted by Gasteiger charge is 2.13. The summed E-state index contributed by atoms with van der Waals surface area (Å²) in [6.07, 6.45) is 0. The third-order valence-electron chi connectivity index (χ3n) is 3.22. The third-order valence-corrected chi connectivity index (χ3v) is 4.50. The van der Waals surface area contributed by atoms with Crippen molar-refractivity contribution in [2.45, 2.75) is 13.5 Å². The number of sulfonamides is 1. The molecule has 0 unspecified atom stereocenters. The van der Waals surface area contributed by atoms with Crippen LogP contribution in [0, 0.1) is 0 Å². The van der Waals surface area contributed by atoms with E-state index < -0.39 is 10.0 Å². The summed E-state index contributed by atoms with van der Waals surface area (Å²) in [6.45, 7) is 2.33. The molecule has 1 aromatic heterocycles. The number of hydrogen-bond donors (Lipinski definition) is 2. The molecule has 0 radical (unpaired) electrons. The van der Waals surface area contributed by atoms with Gasteiger partial charge in [0.25, 0.3) is 0 Å². The first-order chi connectivity index (χ1) is 11.1. The second-order valence-corrected chi connectivity index (χ2v) is 6.86. The highest BCUT2D eigenvalue weighted by atomic mass is 32.2. The molecule has 0 fully saturated rings. The quantitative estimate of drug-likeness (QED) is 0.825. The number of rotatable bonds is 6. The van der Waals surface area contributed by atoms with Crippen LogP contribution in [0.25, 0.3) is 0 Å². The zero-order valence-corrected chi connectivity index (χ0v) is 13.3. The van der Waals surface area contributed by atoms with Gasteiger partial charge in [-0.15, -0.1) is 10.2 Å². The van der Waals surface area contributed by atoms with Crippen LogP contribution in [-0.2, 0) is 16.6 Å². The van der Waals surface area contributed by atoms with Gasteiger partial charge in [-0.25, -0.2) is 8.42 Å². The molecule has 2 aromatic rings. The van der Waals surface area contributed by atoms with Crippen molar-refractivity contribution in [2.24, 2.45) is 0 Å². The van der Waals surface area contributed by atoms with E-state index >= 15 is 0 Å². The summed E-state index contributed by atoms with van der Waals surface area (Å²) in [7, 11) is -3.35. The summed E-state index contributed by atoms with van der Waals surface area (Å²) in [5.41, 5.74) is 1.01. The average molecular weight is 336 g/mol. The van der Waals surface area contributed by atoms with Gasteiger partial charge in [0.05, 0.1) is 5.75 Å². The lowest BCUT2D eigenvalue weighted by molar-refractivity contribution is 0.174. The maximum Gasteiger partial charge on any atom is 0.233 e. The molecule has 0 saturated carbocycles. The molecule has 0 spiro atoms. The Labute approximate surface area is 133 Å². The Morgan fingerprint density at radius 2 is 1.83 bits per heavy atom. The van der Waals surface area contributed by atoms with Crippen LogP contribution >= 0.6 is 0 Å². The molecular formula is C14H16N4O4S. The Balaban J connectivity index is 1.60. The van der Waals surface area contributed by atoms with Crippen molar-refractivity contribution in [3.8, 4) is 11.5 Å². The van der Waals surface area contributed by atoms with Gasteiger partial charge in [0.1, 0.15) is 5.82 Å². The summed E-state index contributed by atoms with van der Waals surface area (Å²) in [4.78, 5) is 0. The van der Waals surface area contributed by atoms with Gasteiger partial charge >= 0.3 is 0 Å². The molecular weight excluding hydrogens is 320 g/mol. The van der Waals surface area contributed by atoms with E-state index in [1.807, 2.05) is 18.2 Å². The molecule has 0 saturated heterocycles. The number of hydrogen-bond acceptors (Lipinski definition) is 7. The van der Waals surface area contributed by atoms with Crippen LogP contribution in [0.15, 0.2) is 30.3 Å². The maximum absolute atomic E-state index is 11.4. The van der Waals surface area contributed by atoms with Crippen molar-refractivity contribution >= 4 is 21.7 Å².